The fourth-order valence-corrected chi connectivity index (χ4v) is 2.82. The summed E-state index contributed by atoms with van der Waals surface area (Å²) in [6.07, 6.45) is 3.84. The quantitative estimate of drug-likeness (QED) is 0.876. The standard InChI is InChI=1S/C17H22N2O/c1-13(9-16-6-4-8-20-16)18-11-14-10-15-5-2-3-7-17(15)19-12-14/h2-8,13-14,18-19H,9-12H2,1H3. The molecule has 0 bridgehead atoms. The number of hydrogen-bond acceptors (Lipinski definition) is 3. The topological polar surface area (TPSA) is 37.2 Å². The summed E-state index contributed by atoms with van der Waals surface area (Å²) < 4.78 is 5.39. The molecule has 2 heterocycles. The smallest absolute Gasteiger partial charge is 0.105 e. The van der Waals surface area contributed by atoms with E-state index in [1.54, 1.807) is 6.26 Å². The Labute approximate surface area is 120 Å². The van der Waals surface area contributed by atoms with Crippen molar-refractivity contribution in [2.75, 3.05) is 18.4 Å². The Morgan fingerprint density at radius 2 is 2.20 bits per heavy atom. The van der Waals surface area contributed by atoms with E-state index in [-0.39, 0.29) is 0 Å². The molecule has 3 heteroatoms. The van der Waals surface area contributed by atoms with E-state index in [4.69, 9.17) is 4.42 Å². The molecule has 1 aromatic heterocycles. The highest BCUT2D eigenvalue weighted by molar-refractivity contribution is 5.53. The second-order valence-electron chi connectivity index (χ2n) is 5.70. The third kappa shape index (κ3) is 3.23. The zero-order chi connectivity index (χ0) is 13.8. The molecule has 0 radical (unpaired) electrons. The first-order chi connectivity index (χ1) is 9.81. The van der Waals surface area contributed by atoms with Crippen LogP contribution in [0.2, 0.25) is 0 Å². The highest BCUT2D eigenvalue weighted by Crippen LogP contribution is 2.23. The molecule has 0 spiro atoms. The zero-order valence-corrected chi connectivity index (χ0v) is 11.9. The first kappa shape index (κ1) is 13.3. The predicted molar refractivity (Wildman–Crippen MR) is 82.0 cm³/mol. The van der Waals surface area contributed by atoms with Crippen molar-refractivity contribution < 1.29 is 4.42 Å². The van der Waals surface area contributed by atoms with E-state index in [9.17, 15) is 0 Å². The number of para-hydroxylation sites is 1. The molecule has 2 N–H and O–H groups in total. The monoisotopic (exact) mass is 270 g/mol. The molecular formula is C17H22N2O. The van der Waals surface area contributed by atoms with Crippen LogP contribution >= 0.6 is 0 Å². The van der Waals surface area contributed by atoms with Gasteiger partial charge in [-0.3, -0.25) is 0 Å². The maximum absolute atomic E-state index is 5.39. The fraction of sp³-hybridized carbons (Fsp3) is 0.412. The van der Waals surface area contributed by atoms with Gasteiger partial charge in [0.25, 0.3) is 0 Å². The van der Waals surface area contributed by atoms with Crippen molar-refractivity contribution in [1.82, 2.24) is 5.32 Å². The van der Waals surface area contributed by atoms with E-state index < -0.39 is 0 Å². The third-order valence-electron chi connectivity index (χ3n) is 3.95. The average molecular weight is 270 g/mol. The summed E-state index contributed by atoms with van der Waals surface area (Å²) in [5.74, 6) is 1.71. The summed E-state index contributed by atoms with van der Waals surface area (Å²) >= 11 is 0. The maximum atomic E-state index is 5.39. The number of fused-ring (bicyclic) bond motifs is 1. The second kappa shape index (κ2) is 6.14. The zero-order valence-electron chi connectivity index (χ0n) is 11.9. The number of rotatable bonds is 5. The van der Waals surface area contributed by atoms with Crippen LogP contribution in [0, 0.1) is 5.92 Å². The molecule has 1 aliphatic heterocycles. The number of hydrogen-bond donors (Lipinski definition) is 2. The Balaban J connectivity index is 1.48. The van der Waals surface area contributed by atoms with Crippen molar-refractivity contribution in [3.63, 3.8) is 0 Å². The molecule has 0 aliphatic carbocycles. The molecular weight excluding hydrogens is 248 g/mol. The minimum absolute atomic E-state index is 0.443. The molecule has 2 atom stereocenters. The van der Waals surface area contributed by atoms with Crippen LogP contribution in [0.25, 0.3) is 0 Å². The van der Waals surface area contributed by atoms with E-state index in [1.165, 1.54) is 11.3 Å². The normalized spacial score (nSPS) is 19.1. The van der Waals surface area contributed by atoms with Gasteiger partial charge in [-0.2, -0.15) is 0 Å². The Morgan fingerprint density at radius 3 is 3.05 bits per heavy atom. The highest BCUT2D eigenvalue weighted by atomic mass is 16.3. The molecule has 3 nitrogen and oxygen atoms in total. The Morgan fingerprint density at radius 1 is 1.30 bits per heavy atom. The first-order valence-corrected chi connectivity index (χ1v) is 7.39. The van der Waals surface area contributed by atoms with Gasteiger partial charge < -0.3 is 15.1 Å². The Hall–Kier alpha value is -1.74. The van der Waals surface area contributed by atoms with Crippen LogP contribution in [0.4, 0.5) is 5.69 Å². The van der Waals surface area contributed by atoms with Crippen LogP contribution in [-0.2, 0) is 12.8 Å². The van der Waals surface area contributed by atoms with Crippen molar-refractivity contribution in [2.24, 2.45) is 5.92 Å². The Kier molecular flexibility index (Phi) is 4.07. The molecule has 1 aliphatic rings. The molecule has 0 amide bonds. The molecule has 2 aromatic rings. The van der Waals surface area contributed by atoms with Gasteiger partial charge in [-0.05, 0) is 43.0 Å². The number of nitrogens with one attached hydrogen (secondary N) is 2. The predicted octanol–water partition coefficient (Wildman–Crippen LogP) is 3.08. The summed E-state index contributed by atoms with van der Waals surface area (Å²) in [7, 11) is 0. The van der Waals surface area contributed by atoms with Gasteiger partial charge in [0.15, 0.2) is 0 Å². The van der Waals surface area contributed by atoms with Crippen LogP contribution in [0.5, 0.6) is 0 Å². The second-order valence-corrected chi connectivity index (χ2v) is 5.70. The van der Waals surface area contributed by atoms with Gasteiger partial charge in [0.1, 0.15) is 5.76 Å². The lowest BCUT2D eigenvalue weighted by atomic mass is 9.93. The van der Waals surface area contributed by atoms with E-state index >= 15 is 0 Å². The van der Waals surface area contributed by atoms with Crippen molar-refractivity contribution in [2.45, 2.75) is 25.8 Å². The third-order valence-corrected chi connectivity index (χ3v) is 3.95. The summed E-state index contributed by atoms with van der Waals surface area (Å²) in [5.41, 5.74) is 2.73. The van der Waals surface area contributed by atoms with Crippen LogP contribution in [0.15, 0.2) is 47.1 Å². The molecule has 0 saturated carbocycles. The van der Waals surface area contributed by atoms with Gasteiger partial charge >= 0.3 is 0 Å². The van der Waals surface area contributed by atoms with E-state index in [0.29, 0.717) is 12.0 Å². The lowest BCUT2D eigenvalue weighted by Crippen LogP contribution is -2.37. The van der Waals surface area contributed by atoms with E-state index in [2.05, 4.69) is 41.8 Å². The van der Waals surface area contributed by atoms with Crippen LogP contribution in [0.1, 0.15) is 18.2 Å². The summed E-state index contributed by atoms with van der Waals surface area (Å²) in [4.78, 5) is 0. The number of benzene rings is 1. The summed E-state index contributed by atoms with van der Waals surface area (Å²) in [6.45, 7) is 4.31. The first-order valence-electron chi connectivity index (χ1n) is 7.39. The van der Waals surface area contributed by atoms with Gasteiger partial charge in [0, 0.05) is 31.2 Å². The number of furan rings is 1. The van der Waals surface area contributed by atoms with E-state index in [0.717, 1.165) is 31.7 Å². The van der Waals surface area contributed by atoms with Crippen LogP contribution in [0.3, 0.4) is 0 Å². The molecule has 3 rings (SSSR count). The van der Waals surface area contributed by atoms with Gasteiger partial charge in [0.2, 0.25) is 0 Å². The lowest BCUT2D eigenvalue weighted by Gasteiger charge is -2.27. The molecule has 20 heavy (non-hydrogen) atoms. The lowest BCUT2D eigenvalue weighted by molar-refractivity contribution is 0.415. The number of anilines is 1. The maximum Gasteiger partial charge on any atom is 0.105 e. The van der Waals surface area contributed by atoms with Crippen molar-refractivity contribution in [3.05, 3.63) is 54.0 Å². The molecule has 2 unspecified atom stereocenters. The minimum Gasteiger partial charge on any atom is -0.469 e. The van der Waals surface area contributed by atoms with Gasteiger partial charge in [-0.1, -0.05) is 18.2 Å². The molecule has 106 valence electrons. The van der Waals surface area contributed by atoms with Crippen LogP contribution in [-0.4, -0.2) is 19.1 Å². The van der Waals surface area contributed by atoms with E-state index in [1.807, 2.05) is 12.1 Å². The highest BCUT2D eigenvalue weighted by Gasteiger charge is 2.18. The van der Waals surface area contributed by atoms with Gasteiger partial charge in [-0.25, -0.2) is 0 Å². The van der Waals surface area contributed by atoms with Crippen molar-refractivity contribution in [1.29, 1.82) is 0 Å². The van der Waals surface area contributed by atoms with Crippen molar-refractivity contribution in [3.8, 4) is 0 Å². The van der Waals surface area contributed by atoms with Gasteiger partial charge in [0.05, 0.1) is 6.26 Å². The largest absolute Gasteiger partial charge is 0.469 e. The summed E-state index contributed by atoms with van der Waals surface area (Å²) in [6, 6.07) is 13.0. The molecule has 1 aromatic carbocycles. The minimum atomic E-state index is 0.443. The molecule has 0 saturated heterocycles. The SMILES string of the molecule is CC(Cc1ccco1)NCC1CNc2ccccc2C1. The van der Waals surface area contributed by atoms with Crippen molar-refractivity contribution >= 4 is 5.69 Å². The summed E-state index contributed by atoms with van der Waals surface area (Å²) in [5, 5.41) is 7.14. The molecule has 0 fully saturated rings. The van der Waals surface area contributed by atoms with Gasteiger partial charge in [-0.15, -0.1) is 0 Å². The Bertz CT molecular complexity index is 536. The van der Waals surface area contributed by atoms with Crippen LogP contribution < -0.4 is 10.6 Å². The average Bonchev–Trinajstić information content (AvgIpc) is 2.98. The fourth-order valence-electron chi connectivity index (χ4n) is 2.82.